The lowest BCUT2D eigenvalue weighted by molar-refractivity contribution is -0.153. The first-order chi connectivity index (χ1) is 8.97. The fraction of sp³-hybridized carbons (Fsp3) is 0.933. The van der Waals surface area contributed by atoms with E-state index in [1.54, 1.807) is 0 Å². The number of nitrogens with zero attached hydrogens (tertiary/aromatic N) is 2. The van der Waals surface area contributed by atoms with Crippen LogP contribution in [-0.2, 0) is 4.79 Å². The molecule has 4 heteroatoms. The molecule has 1 aliphatic carbocycles. The lowest BCUT2D eigenvalue weighted by atomic mass is 9.87. The average molecular weight is 268 g/mol. The number of carbonyl (C=O) groups is 1. The molecule has 0 spiro atoms. The largest absolute Gasteiger partial charge is 0.396 e. The molecule has 4 nitrogen and oxygen atoms in total. The summed E-state index contributed by atoms with van der Waals surface area (Å²) in [7, 11) is 1.89. The fourth-order valence-corrected chi connectivity index (χ4v) is 3.53. The Hall–Kier alpha value is -0.610. The van der Waals surface area contributed by atoms with Gasteiger partial charge < -0.3 is 10.0 Å². The first kappa shape index (κ1) is 14.8. The zero-order valence-corrected chi connectivity index (χ0v) is 12.6. The van der Waals surface area contributed by atoms with Crippen LogP contribution in [0.4, 0.5) is 0 Å². The molecule has 2 rings (SSSR count). The van der Waals surface area contributed by atoms with Gasteiger partial charge in [0.25, 0.3) is 0 Å². The molecule has 1 heterocycles. The second-order valence-corrected chi connectivity index (χ2v) is 6.70. The maximum absolute atomic E-state index is 12.6. The van der Waals surface area contributed by atoms with Crippen LogP contribution in [0.3, 0.4) is 0 Å². The third-order valence-electron chi connectivity index (χ3n) is 4.94. The monoisotopic (exact) mass is 268 g/mol. The van der Waals surface area contributed by atoms with Crippen LogP contribution in [0.2, 0.25) is 0 Å². The molecule has 1 saturated carbocycles. The van der Waals surface area contributed by atoms with Gasteiger partial charge in [-0.2, -0.15) is 0 Å². The summed E-state index contributed by atoms with van der Waals surface area (Å²) in [5.74, 6) is 0.177. The van der Waals surface area contributed by atoms with Crippen molar-refractivity contribution in [2.75, 3.05) is 20.2 Å². The lowest BCUT2D eigenvalue weighted by Crippen LogP contribution is -2.67. The van der Waals surface area contributed by atoms with E-state index in [0.29, 0.717) is 12.5 Å². The molecule has 0 aromatic heterocycles. The van der Waals surface area contributed by atoms with Gasteiger partial charge in [-0.15, -0.1) is 0 Å². The van der Waals surface area contributed by atoms with Gasteiger partial charge in [-0.25, -0.2) is 0 Å². The second-order valence-electron chi connectivity index (χ2n) is 6.70. The zero-order valence-electron chi connectivity index (χ0n) is 12.6. The normalized spacial score (nSPS) is 29.8. The summed E-state index contributed by atoms with van der Waals surface area (Å²) in [4.78, 5) is 16.8. The number of amides is 1. The summed E-state index contributed by atoms with van der Waals surface area (Å²) >= 11 is 0. The molecule has 2 aliphatic rings. The second kappa shape index (κ2) is 5.80. The molecule has 1 aliphatic heterocycles. The molecule has 0 radical (unpaired) electrons. The minimum Gasteiger partial charge on any atom is -0.396 e. The molecular weight excluding hydrogens is 240 g/mol. The van der Waals surface area contributed by atoms with Gasteiger partial charge in [-0.1, -0.05) is 19.3 Å². The Labute approximate surface area is 116 Å². The molecule has 110 valence electrons. The molecule has 0 aromatic rings. The Morgan fingerprint density at radius 3 is 2.47 bits per heavy atom. The summed E-state index contributed by atoms with van der Waals surface area (Å²) in [5, 5.41) is 9.27. The van der Waals surface area contributed by atoms with Gasteiger partial charge in [0, 0.05) is 31.8 Å². The predicted molar refractivity (Wildman–Crippen MR) is 75.9 cm³/mol. The van der Waals surface area contributed by atoms with Crippen molar-refractivity contribution in [1.29, 1.82) is 0 Å². The first-order valence-corrected chi connectivity index (χ1v) is 7.61. The Kier molecular flexibility index (Phi) is 4.51. The highest BCUT2D eigenvalue weighted by atomic mass is 16.3. The Morgan fingerprint density at radius 1 is 1.26 bits per heavy atom. The number of hydrogen-bond acceptors (Lipinski definition) is 3. The Morgan fingerprint density at radius 2 is 1.89 bits per heavy atom. The van der Waals surface area contributed by atoms with Crippen molar-refractivity contribution >= 4 is 5.91 Å². The van der Waals surface area contributed by atoms with Crippen LogP contribution in [0.5, 0.6) is 0 Å². The SMILES string of the molecule is CN1C(=O)C(CCO)N(C2CCCCC2)CC1(C)C. The highest BCUT2D eigenvalue weighted by Gasteiger charge is 2.44. The van der Waals surface area contributed by atoms with E-state index < -0.39 is 0 Å². The van der Waals surface area contributed by atoms with Crippen LogP contribution in [0.15, 0.2) is 0 Å². The third-order valence-corrected chi connectivity index (χ3v) is 4.94. The van der Waals surface area contributed by atoms with Crippen molar-refractivity contribution in [1.82, 2.24) is 9.80 Å². The predicted octanol–water partition coefficient (Wildman–Crippen LogP) is 1.62. The van der Waals surface area contributed by atoms with E-state index in [4.69, 9.17) is 0 Å². The minimum absolute atomic E-state index is 0.0912. The summed E-state index contributed by atoms with van der Waals surface area (Å²) in [5.41, 5.74) is -0.111. The molecule has 2 fully saturated rings. The Balaban J connectivity index is 2.18. The molecule has 1 N–H and O–H groups in total. The number of hydrogen-bond donors (Lipinski definition) is 1. The maximum Gasteiger partial charge on any atom is 0.240 e. The molecule has 1 unspecified atom stereocenters. The fourth-order valence-electron chi connectivity index (χ4n) is 3.53. The van der Waals surface area contributed by atoms with E-state index in [1.165, 1.54) is 32.1 Å². The molecular formula is C15H28N2O2. The first-order valence-electron chi connectivity index (χ1n) is 7.61. The molecule has 19 heavy (non-hydrogen) atoms. The van der Waals surface area contributed by atoms with E-state index in [9.17, 15) is 9.90 Å². The van der Waals surface area contributed by atoms with E-state index in [1.807, 2.05) is 11.9 Å². The van der Waals surface area contributed by atoms with Crippen molar-refractivity contribution in [2.45, 2.75) is 70.0 Å². The maximum atomic E-state index is 12.6. The number of carbonyl (C=O) groups excluding carboxylic acids is 1. The standard InChI is InChI=1S/C15H28N2O2/c1-15(2)11-17(12-7-5-4-6-8-12)13(9-10-18)14(19)16(15)3/h12-13,18H,4-11H2,1-3H3. The summed E-state index contributed by atoms with van der Waals surface area (Å²) in [6, 6.07) is 0.411. The van der Waals surface area contributed by atoms with Crippen LogP contribution < -0.4 is 0 Å². The molecule has 1 atom stereocenters. The number of piperazine rings is 1. The Bertz CT molecular complexity index is 324. The smallest absolute Gasteiger partial charge is 0.240 e. The van der Waals surface area contributed by atoms with Gasteiger partial charge in [0.15, 0.2) is 0 Å². The van der Waals surface area contributed by atoms with Crippen molar-refractivity contribution < 1.29 is 9.90 Å². The minimum atomic E-state index is -0.119. The van der Waals surface area contributed by atoms with Crippen LogP contribution in [-0.4, -0.2) is 58.6 Å². The van der Waals surface area contributed by atoms with Crippen LogP contribution >= 0.6 is 0 Å². The van der Waals surface area contributed by atoms with Gasteiger partial charge in [-0.3, -0.25) is 9.69 Å². The number of rotatable bonds is 3. The highest BCUT2D eigenvalue weighted by Crippen LogP contribution is 2.32. The van der Waals surface area contributed by atoms with Gasteiger partial charge >= 0.3 is 0 Å². The number of aliphatic hydroxyl groups is 1. The molecule has 0 bridgehead atoms. The summed E-state index contributed by atoms with van der Waals surface area (Å²) in [6.45, 7) is 5.28. The van der Waals surface area contributed by atoms with Gasteiger partial charge in [-0.05, 0) is 33.1 Å². The summed E-state index contributed by atoms with van der Waals surface area (Å²) < 4.78 is 0. The number of aliphatic hydroxyl groups excluding tert-OH is 1. The van der Waals surface area contributed by atoms with Gasteiger partial charge in [0.1, 0.15) is 0 Å². The number of likely N-dealkylation sites (N-methyl/N-ethyl adjacent to an activating group) is 1. The van der Waals surface area contributed by atoms with E-state index in [-0.39, 0.29) is 24.1 Å². The highest BCUT2D eigenvalue weighted by molar-refractivity contribution is 5.83. The molecule has 0 aromatic carbocycles. The van der Waals surface area contributed by atoms with E-state index >= 15 is 0 Å². The molecule has 1 saturated heterocycles. The van der Waals surface area contributed by atoms with Crippen molar-refractivity contribution in [2.24, 2.45) is 0 Å². The topological polar surface area (TPSA) is 43.8 Å². The molecule has 1 amide bonds. The van der Waals surface area contributed by atoms with E-state index in [0.717, 1.165) is 6.54 Å². The third kappa shape index (κ3) is 2.95. The van der Waals surface area contributed by atoms with Crippen molar-refractivity contribution in [3.05, 3.63) is 0 Å². The van der Waals surface area contributed by atoms with Crippen LogP contribution in [0.1, 0.15) is 52.4 Å². The lowest BCUT2D eigenvalue weighted by Gasteiger charge is -2.52. The zero-order chi connectivity index (χ0) is 14.0. The quantitative estimate of drug-likeness (QED) is 0.846. The van der Waals surface area contributed by atoms with Crippen LogP contribution in [0.25, 0.3) is 0 Å². The summed E-state index contributed by atoms with van der Waals surface area (Å²) in [6.07, 6.45) is 6.85. The van der Waals surface area contributed by atoms with Crippen molar-refractivity contribution in [3.8, 4) is 0 Å². The van der Waals surface area contributed by atoms with Gasteiger partial charge in [0.05, 0.1) is 6.04 Å². The van der Waals surface area contributed by atoms with E-state index in [2.05, 4.69) is 18.7 Å². The van der Waals surface area contributed by atoms with Crippen molar-refractivity contribution in [3.63, 3.8) is 0 Å². The average Bonchev–Trinajstić information content (AvgIpc) is 2.40. The van der Waals surface area contributed by atoms with Crippen LogP contribution in [0, 0.1) is 0 Å². The van der Waals surface area contributed by atoms with Gasteiger partial charge in [0.2, 0.25) is 5.91 Å².